The number of furan rings is 1. The van der Waals surface area contributed by atoms with Crippen LogP contribution in [-0.4, -0.2) is 52.0 Å². The minimum Gasteiger partial charge on any atom is -0.497 e. The van der Waals surface area contributed by atoms with E-state index < -0.39 is 15.9 Å². The Balaban J connectivity index is 1.63. The van der Waals surface area contributed by atoms with Crippen LogP contribution in [-0.2, 0) is 14.8 Å². The van der Waals surface area contributed by atoms with Gasteiger partial charge in [0.25, 0.3) is 5.91 Å². The number of rotatable bonds is 5. The van der Waals surface area contributed by atoms with Crippen LogP contribution in [0.1, 0.15) is 16.1 Å². The maximum absolute atomic E-state index is 13.0. The van der Waals surface area contributed by atoms with Crippen molar-refractivity contribution in [3.8, 4) is 5.75 Å². The third-order valence-corrected chi connectivity index (χ3v) is 7.51. The fourth-order valence-electron chi connectivity index (χ4n) is 3.44. The van der Waals surface area contributed by atoms with Crippen LogP contribution >= 0.6 is 11.6 Å². The van der Waals surface area contributed by atoms with Gasteiger partial charge in [-0.3, -0.25) is 4.79 Å². The number of halogens is 1. The predicted octanol–water partition coefficient (Wildman–Crippen LogP) is 3.68. The van der Waals surface area contributed by atoms with Crippen molar-refractivity contribution in [3.05, 3.63) is 52.7 Å². The molecule has 0 radical (unpaired) electrons. The molecule has 2 heterocycles. The Morgan fingerprint density at radius 3 is 2.61 bits per heavy atom. The van der Waals surface area contributed by atoms with E-state index in [0.717, 1.165) is 5.39 Å². The lowest BCUT2D eigenvalue weighted by Crippen LogP contribution is -2.40. The van der Waals surface area contributed by atoms with E-state index in [4.69, 9.17) is 25.5 Å². The quantitative estimate of drug-likeness (QED) is 0.618. The van der Waals surface area contributed by atoms with Gasteiger partial charge >= 0.3 is 0 Å². The SMILES string of the molecule is COc1ccc2oc(C(=O)Nc3ccc(Cl)c(S(=O)(=O)N4CCOCC4)c3)c(C)c2c1. The highest BCUT2D eigenvalue weighted by molar-refractivity contribution is 7.89. The molecule has 1 aromatic heterocycles. The number of fused-ring (bicyclic) bond motifs is 1. The molecule has 2 aromatic carbocycles. The van der Waals surface area contributed by atoms with Gasteiger partial charge in [-0.1, -0.05) is 11.6 Å². The van der Waals surface area contributed by atoms with Crippen molar-refractivity contribution < 1.29 is 27.1 Å². The number of morpholine rings is 1. The second kappa shape index (κ2) is 8.51. The van der Waals surface area contributed by atoms with Gasteiger partial charge in [0.05, 0.1) is 25.3 Å². The number of nitrogens with one attached hydrogen (secondary N) is 1. The Hall–Kier alpha value is -2.59. The lowest BCUT2D eigenvalue weighted by atomic mass is 10.1. The molecule has 0 spiro atoms. The largest absolute Gasteiger partial charge is 0.497 e. The Morgan fingerprint density at radius 1 is 1.16 bits per heavy atom. The number of carbonyl (C=O) groups is 1. The molecular weight excluding hydrogens is 444 g/mol. The molecule has 1 aliphatic rings. The molecule has 0 saturated carbocycles. The minimum absolute atomic E-state index is 0.0695. The zero-order chi connectivity index (χ0) is 22.2. The lowest BCUT2D eigenvalue weighted by molar-refractivity contribution is 0.0730. The molecule has 0 unspecified atom stereocenters. The minimum atomic E-state index is -3.82. The van der Waals surface area contributed by atoms with Gasteiger partial charge < -0.3 is 19.2 Å². The van der Waals surface area contributed by atoms with Gasteiger partial charge in [-0.2, -0.15) is 4.31 Å². The van der Waals surface area contributed by atoms with Crippen molar-refractivity contribution in [1.82, 2.24) is 4.31 Å². The van der Waals surface area contributed by atoms with Crippen LogP contribution in [0.25, 0.3) is 11.0 Å². The summed E-state index contributed by atoms with van der Waals surface area (Å²) in [4.78, 5) is 12.8. The number of aryl methyl sites for hydroxylation is 1. The molecule has 0 aliphatic carbocycles. The molecule has 31 heavy (non-hydrogen) atoms. The standard InChI is InChI=1S/C21H21ClN2O6S/c1-13-16-12-15(28-2)4-6-18(16)30-20(13)21(25)23-14-3-5-17(22)19(11-14)31(26,27)24-7-9-29-10-8-24/h3-6,11-12H,7-10H2,1-2H3,(H,23,25). The van der Waals surface area contributed by atoms with Crippen LogP contribution in [0.2, 0.25) is 5.02 Å². The fourth-order valence-corrected chi connectivity index (χ4v) is 5.34. The first-order valence-electron chi connectivity index (χ1n) is 9.57. The maximum Gasteiger partial charge on any atom is 0.291 e. The second-order valence-corrected chi connectivity index (χ2v) is 9.35. The molecule has 1 aliphatic heterocycles. The number of anilines is 1. The van der Waals surface area contributed by atoms with Crippen molar-refractivity contribution in [2.24, 2.45) is 0 Å². The first-order chi connectivity index (χ1) is 14.8. The van der Waals surface area contributed by atoms with Crippen LogP contribution in [0.3, 0.4) is 0 Å². The summed E-state index contributed by atoms with van der Waals surface area (Å²) in [6.07, 6.45) is 0. The first-order valence-corrected chi connectivity index (χ1v) is 11.4. The summed E-state index contributed by atoms with van der Waals surface area (Å²) in [5.74, 6) is 0.291. The molecule has 1 N–H and O–H groups in total. The highest BCUT2D eigenvalue weighted by Crippen LogP contribution is 2.31. The summed E-state index contributed by atoms with van der Waals surface area (Å²) >= 11 is 6.18. The van der Waals surface area contributed by atoms with Crippen molar-refractivity contribution in [1.29, 1.82) is 0 Å². The highest BCUT2D eigenvalue weighted by atomic mass is 35.5. The van der Waals surface area contributed by atoms with Gasteiger partial charge in [-0.25, -0.2) is 8.42 Å². The summed E-state index contributed by atoms with van der Waals surface area (Å²) in [6.45, 7) is 2.91. The third kappa shape index (κ3) is 4.14. The highest BCUT2D eigenvalue weighted by Gasteiger charge is 2.29. The topological polar surface area (TPSA) is 98.1 Å². The van der Waals surface area contributed by atoms with E-state index >= 15 is 0 Å². The Labute approximate surface area is 184 Å². The van der Waals surface area contributed by atoms with Gasteiger partial charge in [-0.05, 0) is 43.3 Å². The summed E-state index contributed by atoms with van der Waals surface area (Å²) in [5.41, 5.74) is 1.50. The normalized spacial score (nSPS) is 15.2. The van der Waals surface area contributed by atoms with Crippen molar-refractivity contribution in [2.75, 3.05) is 38.7 Å². The number of hydrogen-bond donors (Lipinski definition) is 1. The van der Waals surface area contributed by atoms with E-state index in [-0.39, 0.29) is 28.8 Å². The average molecular weight is 465 g/mol. The zero-order valence-electron chi connectivity index (χ0n) is 17.0. The van der Waals surface area contributed by atoms with Crippen LogP contribution in [0.5, 0.6) is 5.75 Å². The monoisotopic (exact) mass is 464 g/mol. The molecule has 10 heteroatoms. The van der Waals surface area contributed by atoms with Crippen LogP contribution in [0.15, 0.2) is 45.7 Å². The van der Waals surface area contributed by atoms with Gasteiger partial charge in [0.1, 0.15) is 16.2 Å². The number of amides is 1. The van der Waals surface area contributed by atoms with Crippen LogP contribution in [0.4, 0.5) is 5.69 Å². The van der Waals surface area contributed by atoms with E-state index in [1.807, 2.05) is 0 Å². The lowest BCUT2D eigenvalue weighted by Gasteiger charge is -2.26. The summed E-state index contributed by atoms with van der Waals surface area (Å²) in [6, 6.07) is 9.61. The van der Waals surface area contributed by atoms with E-state index in [1.54, 1.807) is 38.3 Å². The maximum atomic E-state index is 13.0. The molecule has 4 rings (SSSR count). The van der Waals surface area contributed by atoms with E-state index in [1.165, 1.54) is 16.4 Å². The molecular formula is C21H21ClN2O6S. The third-order valence-electron chi connectivity index (χ3n) is 5.13. The number of methoxy groups -OCH3 is 1. The molecule has 164 valence electrons. The van der Waals surface area contributed by atoms with Crippen LogP contribution < -0.4 is 10.1 Å². The second-order valence-electron chi connectivity index (χ2n) is 7.03. The van der Waals surface area contributed by atoms with E-state index in [0.29, 0.717) is 35.8 Å². The molecule has 1 amide bonds. The molecule has 1 fully saturated rings. The summed E-state index contributed by atoms with van der Waals surface area (Å²) < 4.78 is 43.5. The predicted molar refractivity (Wildman–Crippen MR) is 116 cm³/mol. The van der Waals surface area contributed by atoms with Gasteiger partial charge in [0.15, 0.2) is 5.76 Å². The number of nitrogens with zero attached hydrogens (tertiary/aromatic N) is 1. The van der Waals surface area contributed by atoms with Crippen molar-refractivity contribution in [3.63, 3.8) is 0 Å². The summed E-state index contributed by atoms with van der Waals surface area (Å²) in [7, 11) is -2.26. The number of ether oxygens (including phenoxy) is 2. The molecule has 3 aromatic rings. The van der Waals surface area contributed by atoms with Crippen molar-refractivity contribution >= 4 is 44.2 Å². The van der Waals surface area contributed by atoms with Crippen LogP contribution in [0, 0.1) is 6.92 Å². The number of carbonyl (C=O) groups excluding carboxylic acids is 1. The number of hydrogen-bond acceptors (Lipinski definition) is 6. The Morgan fingerprint density at radius 2 is 1.90 bits per heavy atom. The van der Waals surface area contributed by atoms with Crippen molar-refractivity contribution in [2.45, 2.75) is 11.8 Å². The van der Waals surface area contributed by atoms with E-state index in [2.05, 4.69) is 5.32 Å². The number of sulfonamides is 1. The van der Waals surface area contributed by atoms with E-state index in [9.17, 15) is 13.2 Å². The fraction of sp³-hybridized carbons (Fsp3) is 0.286. The molecule has 1 saturated heterocycles. The molecule has 8 nitrogen and oxygen atoms in total. The summed E-state index contributed by atoms with van der Waals surface area (Å²) in [5, 5.41) is 3.54. The Kier molecular flexibility index (Phi) is 5.94. The van der Waals surface area contributed by atoms with Gasteiger partial charge in [0, 0.05) is 29.7 Å². The molecule has 0 atom stereocenters. The zero-order valence-corrected chi connectivity index (χ0v) is 18.5. The van der Waals surface area contributed by atoms with Gasteiger partial charge in [0.2, 0.25) is 10.0 Å². The smallest absolute Gasteiger partial charge is 0.291 e. The average Bonchev–Trinajstić information content (AvgIpc) is 3.11. The number of benzene rings is 2. The Bertz CT molecular complexity index is 1250. The molecule has 0 bridgehead atoms. The van der Waals surface area contributed by atoms with Gasteiger partial charge in [-0.15, -0.1) is 0 Å². The first kappa shape index (κ1) is 21.6.